The van der Waals surface area contributed by atoms with E-state index in [4.69, 9.17) is 5.11 Å². The van der Waals surface area contributed by atoms with Crippen molar-refractivity contribution in [2.75, 3.05) is 13.2 Å². The molecule has 0 bridgehead atoms. The fourth-order valence-corrected chi connectivity index (χ4v) is 1.66. The molecule has 1 rings (SSSR count). The van der Waals surface area contributed by atoms with Gasteiger partial charge in [0.2, 0.25) is 0 Å². The van der Waals surface area contributed by atoms with Crippen molar-refractivity contribution in [3.8, 4) is 0 Å². The van der Waals surface area contributed by atoms with Crippen molar-refractivity contribution < 1.29 is 14.7 Å². The lowest BCUT2D eigenvalue weighted by Crippen LogP contribution is -2.39. The van der Waals surface area contributed by atoms with Crippen molar-refractivity contribution in [1.82, 2.24) is 10.6 Å². The summed E-state index contributed by atoms with van der Waals surface area (Å²) in [5, 5.41) is 13.7. The Hall–Kier alpha value is -1.88. The molecule has 0 unspecified atom stereocenters. The normalized spacial score (nSPS) is 10.1. The van der Waals surface area contributed by atoms with E-state index in [0.29, 0.717) is 13.1 Å². The molecule has 0 aliphatic rings. The molecule has 0 heterocycles. The highest BCUT2D eigenvalue weighted by Gasteiger charge is 2.11. The number of unbranched alkanes of at least 4 members (excludes halogenated alkanes) is 2. The minimum Gasteiger partial charge on any atom is -0.396 e. The Kier molecular flexibility index (Phi) is 7.35. The highest BCUT2D eigenvalue weighted by Crippen LogP contribution is 2.02. The smallest absolute Gasteiger partial charge is 0.309 e. The van der Waals surface area contributed by atoms with Crippen LogP contribution in [0.4, 0.5) is 0 Å². The minimum absolute atomic E-state index is 0.158. The van der Waals surface area contributed by atoms with Gasteiger partial charge < -0.3 is 15.7 Å². The highest BCUT2D eigenvalue weighted by atomic mass is 16.3. The Balaban J connectivity index is 2.21. The third kappa shape index (κ3) is 6.33. The molecule has 20 heavy (non-hydrogen) atoms. The Morgan fingerprint density at radius 3 is 2.30 bits per heavy atom. The Labute approximate surface area is 119 Å². The van der Waals surface area contributed by atoms with Crippen LogP contribution in [0.15, 0.2) is 24.3 Å². The lowest BCUT2D eigenvalue weighted by atomic mass is 10.1. The van der Waals surface area contributed by atoms with Crippen LogP contribution in [0.25, 0.3) is 0 Å². The first kappa shape index (κ1) is 16.2. The van der Waals surface area contributed by atoms with Gasteiger partial charge in [0.25, 0.3) is 0 Å². The molecule has 0 fully saturated rings. The molecule has 5 nitrogen and oxygen atoms in total. The summed E-state index contributed by atoms with van der Waals surface area (Å²) >= 11 is 0. The van der Waals surface area contributed by atoms with Crippen LogP contribution in [-0.2, 0) is 16.1 Å². The number of hydrogen-bond donors (Lipinski definition) is 3. The largest absolute Gasteiger partial charge is 0.396 e. The Bertz CT molecular complexity index is 429. The van der Waals surface area contributed by atoms with E-state index >= 15 is 0 Å². The van der Waals surface area contributed by atoms with Gasteiger partial charge in [0, 0.05) is 19.7 Å². The van der Waals surface area contributed by atoms with E-state index in [1.165, 1.54) is 0 Å². The molecule has 0 aliphatic carbocycles. The fraction of sp³-hybridized carbons (Fsp3) is 0.467. The van der Waals surface area contributed by atoms with Gasteiger partial charge in [-0.05, 0) is 31.7 Å². The van der Waals surface area contributed by atoms with E-state index in [1.54, 1.807) is 0 Å². The van der Waals surface area contributed by atoms with Crippen LogP contribution >= 0.6 is 0 Å². The van der Waals surface area contributed by atoms with Gasteiger partial charge in [0.15, 0.2) is 0 Å². The third-order valence-corrected chi connectivity index (χ3v) is 2.90. The molecular formula is C15H22N2O3. The lowest BCUT2D eigenvalue weighted by Gasteiger charge is -2.06. The molecule has 0 saturated heterocycles. The second-order valence-corrected chi connectivity index (χ2v) is 4.71. The van der Waals surface area contributed by atoms with Crippen LogP contribution in [0, 0.1) is 6.92 Å². The topological polar surface area (TPSA) is 78.4 Å². The first-order valence-electron chi connectivity index (χ1n) is 6.86. The van der Waals surface area contributed by atoms with Gasteiger partial charge in [-0.25, -0.2) is 0 Å². The van der Waals surface area contributed by atoms with Gasteiger partial charge in [0.05, 0.1) is 0 Å². The number of rotatable bonds is 7. The number of benzene rings is 1. The van der Waals surface area contributed by atoms with Crippen LogP contribution in [-0.4, -0.2) is 30.1 Å². The van der Waals surface area contributed by atoms with Gasteiger partial charge in [-0.15, -0.1) is 0 Å². The monoisotopic (exact) mass is 278 g/mol. The zero-order chi connectivity index (χ0) is 14.8. The van der Waals surface area contributed by atoms with Gasteiger partial charge in [-0.3, -0.25) is 9.59 Å². The molecule has 5 heteroatoms. The second kappa shape index (κ2) is 9.09. The summed E-state index contributed by atoms with van der Waals surface area (Å²) in [4.78, 5) is 23.0. The molecule has 1 aromatic carbocycles. The number of carbonyl (C=O) groups is 2. The van der Waals surface area contributed by atoms with Crippen LogP contribution in [0.3, 0.4) is 0 Å². The molecule has 0 saturated carbocycles. The average molecular weight is 278 g/mol. The van der Waals surface area contributed by atoms with E-state index in [-0.39, 0.29) is 6.61 Å². The molecule has 1 aromatic rings. The summed E-state index contributed by atoms with van der Waals surface area (Å²) in [7, 11) is 0. The van der Waals surface area contributed by atoms with Crippen LogP contribution < -0.4 is 10.6 Å². The molecule has 3 N–H and O–H groups in total. The van der Waals surface area contributed by atoms with Crippen LogP contribution in [0.2, 0.25) is 0 Å². The van der Waals surface area contributed by atoms with E-state index in [9.17, 15) is 9.59 Å². The van der Waals surface area contributed by atoms with Gasteiger partial charge in [-0.2, -0.15) is 0 Å². The fourth-order valence-electron chi connectivity index (χ4n) is 1.66. The molecule has 0 spiro atoms. The summed E-state index contributed by atoms with van der Waals surface area (Å²) in [5.74, 6) is -1.23. The van der Waals surface area contributed by atoms with Crippen molar-refractivity contribution in [3.05, 3.63) is 35.4 Å². The molecule has 0 aromatic heterocycles. The quantitative estimate of drug-likeness (QED) is 0.512. The lowest BCUT2D eigenvalue weighted by molar-refractivity contribution is -0.139. The van der Waals surface area contributed by atoms with Crippen molar-refractivity contribution in [2.45, 2.75) is 32.7 Å². The number of amides is 2. The number of nitrogens with one attached hydrogen (secondary N) is 2. The Morgan fingerprint density at radius 2 is 1.65 bits per heavy atom. The van der Waals surface area contributed by atoms with Crippen molar-refractivity contribution >= 4 is 11.8 Å². The van der Waals surface area contributed by atoms with Gasteiger partial charge in [-0.1, -0.05) is 29.8 Å². The number of hydrogen-bond acceptors (Lipinski definition) is 3. The van der Waals surface area contributed by atoms with E-state index in [1.807, 2.05) is 31.2 Å². The second-order valence-electron chi connectivity index (χ2n) is 4.71. The standard InChI is InChI=1S/C15H22N2O3/c1-12-5-7-13(8-6-12)11-17-15(20)14(19)16-9-3-2-4-10-18/h5-8,18H,2-4,9-11H2,1H3,(H,16,19)(H,17,20). The first-order valence-corrected chi connectivity index (χ1v) is 6.86. The Morgan fingerprint density at radius 1 is 1.00 bits per heavy atom. The molecular weight excluding hydrogens is 256 g/mol. The van der Waals surface area contributed by atoms with Gasteiger partial charge >= 0.3 is 11.8 Å². The highest BCUT2D eigenvalue weighted by molar-refractivity contribution is 6.35. The van der Waals surface area contributed by atoms with Gasteiger partial charge in [0.1, 0.15) is 0 Å². The predicted octanol–water partition coefficient (Wildman–Crippen LogP) is 0.890. The molecule has 110 valence electrons. The zero-order valence-corrected chi connectivity index (χ0v) is 11.8. The molecule has 2 amide bonds. The summed E-state index contributed by atoms with van der Waals surface area (Å²) in [6.45, 7) is 2.95. The van der Waals surface area contributed by atoms with E-state index in [2.05, 4.69) is 10.6 Å². The van der Waals surface area contributed by atoms with Crippen molar-refractivity contribution in [1.29, 1.82) is 0 Å². The third-order valence-electron chi connectivity index (χ3n) is 2.90. The van der Waals surface area contributed by atoms with E-state index in [0.717, 1.165) is 30.4 Å². The molecule has 0 aliphatic heterocycles. The summed E-state index contributed by atoms with van der Waals surface area (Å²) in [6, 6.07) is 7.76. The molecule has 0 radical (unpaired) electrons. The predicted molar refractivity (Wildman–Crippen MR) is 77.0 cm³/mol. The number of carbonyl (C=O) groups excluding carboxylic acids is 2. The zero-order valence-electron chi connectivity index (χ0n) is 11.8. The summed E-state index contributed by atoms with van der Waals surface area (Å²) < 4.78 is 0. The number of aryl methyl sites for hydroxylation is 1. The maximum atomic E-state index is 11.5. The van der Waals surface area contributed by atoms with Crippen molar-refractivity contribution in [2.24, 2.45) is 0 Å². The van der Waals surface area contributed by atoms with Crippen LogP contribution in [0.1, 0.15) is 30.4 Å². The van der Waals surface area contributed by atoms with Crippen LogP contribution in [0.5, 0.6) is 0 Å². The maximum Gasteiger partial charge on any atom is 0.309 e. The SMILES string of the molecule is Cc1ccc(CNC(=O)C(=O)NCCCCCO)cc1. The first-order chi connectivity index (χ1) is 9.63. The molecule has 0 atom stereocenters. The number of aliphatic hydroxyl groups excluding tert-OH is 1. The maximum absolute atomic E-state index is 11.5. The summed E-state index contributed by atoms with van der Waals surface area (Å²) in [5.41, 5.74) is 2.11. The minimum atomic E-state index is -0.618. The summed E-state index contributed by atoms with van der Waals surface area (Å²) in [6.07, 6.45) is 2.31. The number of aliphatic hydroxyl groups is 1. The van der Waals surface area contributed by atoms with Crippen molar-refractivity contribution in [3.63, 3.8) is 0 Å². The average Bonchev–Trinajstić information content (AvgIpc) is 2.46. The van der Waals surface area contributed by atoms with E-state index < -0.39 is 11.8 Å².